The summed E-state index contributed by atoms with van der Waals surface area (Å²) in [5, 5.41) is 0. The fourth-order valence-electron chi connectivity index (χ4n) is 2.75. The van der Waals surface area contributed by atoms with E-state index in [2.05, 4.69) is 23.6 Å². The van der Waals surface area contributed by atoms with E-state index < -0.39 is 10.0 Å². The van der Waals surface area contributed by atoms with Crippen LogP contribution < -0.4 is 4.72 Å². The van der Waals surface area contributed by atoms with E-state index in [0.29, 0.717) is 5.92 Å². The average Bonchev–Trinajstić information content (AvgIpc) is 3.16. The number of benzene rings is 2. The minimum atomic E-state index is -3.57. The summed E-state index contributed by atoms with van der Waals surface area (Å²) in [6, 6.07) is 14.4. The summed E-state index contributed by atoms with van der Waals surface area (Å²) in [4.78, 5) is 4.31. The predicted octanol–water partition coefficient (Wildman–Crippen LogP) is 4.04. The molecule has 0 unspecified atom stereocenters. The summed E-state index contributed by atoms with van der Waals surface area (Å²) < 4.78 is 29.9. The molecule has 0 saturated carbocycles. The highest BCUT2D eigenvalue weighted by Gasteiger charge is 2.18. The summed E-state index contributed by atoms with van der Waals surface area (Å²) in [6.07, 6.45) is 5.30. The lowest BCUT2D eigenvalue weighted by atomic mass is 10.0. The number of nitrogens with zero attached hydrogens (tertiary/aromatic N) is 2. The fraction of sp³-hybridized carbons (Fsp3) is 0.250. The van der Waals surface area contributed by atoms with Crippen molar-refractivity contribution in [2.45, 2.75) is 37.6 Å². The van der Waals surface area contributed by atoms with Crippen molar-refractivity contribution >= 4 is 10.0 Å². The van der Waals surface area contributed by atoms with Gasteiger partial charge in [0.25, 0.3) is 0 Å². The largest absolute Gasteiger partial charge is 0.306 e. The molecule has 1 aromatic heterocycles. The minimum absolute atomic E-state index is 0.281. The van der Waals surface area contributed by atoms with Crippen molar-refractivity contribution in [1.82, 2.24) is 14.3 Å². The number of rotatable bonds is 6. The summed E-state index contributed by atoms with van der Waals surface area (Å²) in [5.41, 5.74) is 2.99. The molecule has 0 amide bonds. The number of sulfonamides is 1. The molecule has 3 rings (SSSR count). The van der Waals surface area contributed by atoms with Crippen LogP contribution >= 0.6 is 0 Å². The maximum Gasteiger partial charge on any atom is 0.241 e. The second kappa shape index (κ2) is 7.43. The van der Waals surface area contributed by atoms with Gasteiger partial charge in [-0.25, -0.2) is 18.1 Å². The molecule has 0 aliphatic carbocycles. The van der Waals surface area contributed by atoms with Crippen LogP contribution in [0.1, 0.15) is 43.9 Å². The van der Waals surface area contributed by atoms with Crippen molar-refractivity contribution in [2.75, 3.05) is 0 Å². The molecule has 1 heterocycles. The zero-order chi connectivity index (χ0) is 18.7. The van der Waals surface area contributed by atoms with Gasteiger partial charge in [0.2, 0.25) is 10.0 Å². The van der Waals surface area contributed by atoms with Gasteiger partial charge in [-0.2, -0.15) is 0 Å². The van der Waals surface area contributed by atoms with Crippen molar-refractivity contribution in [1.29, 1.82) is 0 Å². The van der Waals surface area contributed by atoms with Gasteiger partial charge in [0.05, 0.1) is 11.2 Å². The van der Waals surface area contributed by atoms with Crippen LogP contribution in [0.3, 0.4) is 0 Å². The van der Waals surface area contributed by atoms with Crippen LogP contribution in [0.2, 0.25) is 0 Å². The number of aromatic nitrogens is 2. The smallest absolute Gasteiger partial charge is 0.241 e. The van der Waals surface area contributed by atoms with Gasteiger partial charge in [0.15, 0.2) is 0 Å². The van der Waals surface area contributed by atoms with Gasteiger partial charge in [0.1, 0.15) is 0 Å². The Morgan fingerprint density at radius 1 is 0.923 bits per heavy atom. The van der Waals surface area contributed by atoms with Crippen LogP contribution in [0.5, 0.6) is 0 Å². The number of nitrogens with one attached hydrogen (secondary N) is 1. The van der Waals surface area contributed by atoms with Crippen molar-refractivity contribution in [3.8, 4) is 5.69 Å². The topological polar surface area (TPSA) is 64.0 Å². The second-order valence-corrected chi connectivity index (χ2v) is 8.34. The lowest BCUT2D eigenvalue weighted by Crippen LogP contribution is -2.26. The molecule has 0 spiro atoms. The van der Waals surface area contributed by atoms with Crippen molar-refractivity contribution < 1.29 is 8.42 Å². The third kappa shape index (κ3) is 4.03. The van der Waals surface area contributed by atoms with Crippen molar-refractivity contribution in [2.24, 2.45) is 0 Å². The Balaban J connectivity index is 1.74. The normalized spacial score (nSPS) is 13.1. The van der Waals surface area contributed by atoms with E-state index in [1.807, 2.05) is 54.1 Å². The fourth-order valence-corrected chi connectivity index (χ4v) is 3.98. The molecular weight excluding hydrogens is 346 g/mol. The monoisotopic (exact) mass is 369 g/mol. The van der Waals surface area contributed by atoms with Crippen LogP contribution in [0.4, 0.5) is 0 Å². The standard InChI is InChI=1S/C20H23N3O2S/c1-15(2)17-6-10-20(11-7-17)26(24,25)22-16(3)18-4-8-19(9-5-18)23-13-12-21-14-23/h4-16,22H,1-3H3/t16-/m1/s1. The lowest BCUT2D eigenvalue weighted by Gasteiger charge is -2.16. The van der Waals surface area contributed by atoms with Crippen LogP contribution in [0, 0.1) is 0 Å². The van der Waals surface area contributed by atoms with Crippen LogP contribution in [0.25, 0.3) is 5.69 Å². The van der Waals surface area contributed by atoms with Gasteiger partial charge in [-0.3, -0.25) is 0 Å². The molecule has 1 atom stereocenters. The molecule has 3 aromatic rings. The minimum Gasteiger partial charge on any atom is -0.306 e. The molecule has 0 bridgehead atoms. The third-order valence-corrected chi connectivity index (χ3v) is 5.94. The Bertz CT molecular complexity index is 945. The van der Waals surface area contributed by atoms with E-state index >= 15 is 0 Å². The SMILES string of the molecule is CC(C)c1ccc(S(=O)(=O)N[C@H](C)c2ccc(-n3ccnc3)cc2)cc1. The second-order valence-electron chi connectivity index (χ2n) is 6.63. The number of hydrogen-bond donors (Lipinski definition) is 1. The van der Waals surface area contributed by atoms with Crippen LogP contribution in [-0.4, -0.2) is 18.0 Å². The van der Waals surface area contributed by atoms with E-state index in [4.69, 9.17) is 0 Å². The molecular formula is C20H23N3O2S. The summed E-state index contributed by atoms with van der Waals surface area (Å²) in [5.74, 6) is 0.368. The van der Waals surface area contributed by atoms with Gasteiger partial charge in [0, 0.05) is 24.1 Å². The first-order valence-electron chi connectivity index (χ1n) is 8.57. The zero-order valence-electron chi connectivity index (χ0n) is 15.1. The van der Waals surface area contributed by atoms with E-state index in [9.17, 15) is 8.42 Å². The summed E-state index contributed by atoms with van der Waals surface area (Å²) in [7, 11) is -3.57. The molecule has 0 aliphatic heterocycles. The Morgan fingerprint density at radius 3 is 2.08 bits per heavy atom. The maximum atomic E-state index is 12.6. The van der Waals surface area contributed by atoms with Gasteiger partial charge in [-0.15, -0.1) is 0 Å². The molecule has 0 saturated heterocycles. The Morgan fingerprint density at radius 2 is 1.54 bits per heavy atom. The maximum absolute atomic E-state index is 12.6. The van der Waals surface area contributed by atoms with Gasteiger partial charge in [-0.05, 0) is 48.2 Å². The molecule has 26 heavy (non-hydrogen) atoms. The average molecular weight is 369 g/mol. The van der Waals surface area contributed by atoms with E-state index in [0.717, 1.165) is 16.8 Å². The van der Waals surface area contributed by atoms with E-state index in [1.165, 1.54) is 0 Å². The van der Waals surface area contributed by atoms with Crippen molar-refractivity contribution in [3.05, 3.63) is 78.4 Å². The summed E-state index contributed by atoms with van der Waals surface area (Å²) >= 11 is 0. The molecule has 1 N–H and O–H groups in total. The Labute approximate surface area is 154 Å². The lowest BCUT2D eigenvalue weighted by molar-refractivity contribution is 0.567. The first-order chi connectivity index (χ1) is 12.4. The molecule has 0 fully saturated rings. The highest BCUT2D eigenvalue weighted by atomic mass is 32.2. The highest BCUT2D eigenvalue weighted by molar-refractivity contribution is 7.89. The first-order valence-corrected chi connectivity index (χ1v) is 10.1. The quantitative estimate of drug-likeness (QED) is 0.713. The Hall–Kier alpha value is -2.44. The highest BCUT2D eigenvalue weighted by Crippen LogP contribution is 2.21. The summed E-state index contributed by atoms with van der Waals surface area (Å²) in [6.45, 7) is 6.00. The van der Waals surface area contributed by atoms with Crippen LogP contribution in [0.15, 0.2) is 72.1 Å². The number of hydrogen-bond acceptors (Lipinski definition) is 3. The molecule has 0 aliphatic rings. The third-order valence-electron chi connectivity index (χ3n) is 4.38. The molecule has 2 aromatic carbocycles. The van der Waals surface area contributed by atoms with E-state index in [-0.39, 0.29) is 10.9 Å². The van der Waals surface area contributed by atoms with Crippen molar-refractivity contribution in [3.63, 3.8) is 0 Å². The molecule has 0 radical (unpaired) electrons. The van der Waals surface area contributed by atoms with Gasteiger partial charge in [-0.1, -0.05) is 38.1 Å². The molecule has 136 valence electrons. The van der Waals surface area contributed by atoms with E-state index in [1.54, 1.807) is 24.7 Å². The number of imidazole rings is 1. The zero-order valence-corrected chi connectivity index (χ0v) is 15.9. The van der Waals surface area contributed by atoms with Gasteiger partial charge < -0.3 is 4.57 Å². The van der Waals surface area contributed by atoms with Gasteiger partial charge >= 0.3 is 0 Å². The molecule has 5 nitrogen and oxygen atoms in total. The molecule has 6 heteroatoms. The first kappa shape index (κ1) is 18.4. The Kier molecular flexibility index (Phi) is 5.25. The predicted molar refractivity (Wildman–Crippen MR) is 103 cm³/mol. The van der Waals surface area contributed by atoms with Crippen LogP contribution in [-0.2, 0) is 10.0 Å².